The van der Waals surface area contributed by atoms with Crippen LogP contribution in [0.5, 0.6) is 0 Å². The van der Waals surface area contributed by atoms with Crippen LogP contribution in [-0.4, -0.2) is 17.0 Å². The summed E-state index contributed by atoms with van der Waals surface area (Å²) in [5.41, 5.74) is 0.496. The van der Waals surface area contributed by atoms with Gasteiger partial charge in [-0.25, -0.2) is 9.59 Å². The van der Waals surface area contributed by atoms with E-state index in [1.54, 1.807) is 6.08 Å². The standard InChI is InChI=1S/C12H8O4/c13-11(14)10-7-9(16-12(10)15)6-8-4-2-1-3-5-8/h1-7H,(H,13,14). The number of carboxylic acids is 1. The van der Waals surface area contributed by atoms with Gasteiger partial charge in [0.15, 0.2) is 0 Å². The predicted molar refractivity (Wildman–Crippen MR) is 56.2 cm³/mol. The fourth-order valence-electron chi connectivity index (χ4n) is 1.33. The number of cyclic esters (lactones) is 1. The maximum absolute atomic E-state index is 11.1. The van der Waals surface area contributed by atoms with Gasteiger partial charge in [0.2, 0.25) is 0 Å². The highest BCUT2D eigenvalue weighted by Crippen LogP contribution is 2.19. The first-order valence-electron chi connectivity index (χ1n) is 4.61. The van der Waals surface area contributed by atoms with Crippen molar-refractivity contribution in [3.05, 3.63) is 53.3 Å². The first kappa shape index (κ1) is 10.2. The molecular formula is C12H8O4. The van der Waals surface area contributed by atoms with Crippen molar-refractivity contribution < 1.29 is 19.4 Å². The highest BCUT2D eigenvalue weighted by molar-refractivity contribution is 6.15. The summed E-state index contributed by atoms with van der Waals surface area (Å²) in [6.07, 6.45) is 2.82. The van der Waals surface area contributed by atoms with E-state index in [2.05, 4.69) is 0 Å². The van der Waals surface area contributed by atoms with E-state index in [0.717, 1.165) is 5.56 Å². The Hall–Kier alpha value is -2.36. The van der Waals surface area contributed by atoms with Crippen molar-refractivity contribution in [3.8, 4) is 0 Å². The topological polar surface area (TPSA) is 63.6 Å². The summed E-state index contributed by atoms with van der Waals surface area (Å²) in [4.78, 5) is 21.7. The molecule has 4 heteroatoms. The molecule has 0 aliphatic carbocycles. The molecule has 0 fully saturated rings. The molecule has 1 aromatic rings. The van der Waals surface area contributed by atoms with Crippen LogP contribution in [0.15, 0.2) is 47.7 Å². The molecule has 2 rings (SSSR count). The van der Waals surface area contributed by atoms with Crippen molar-refractivity contribution in [2.75, 3.05) is 0 Å². The van der Waals surface area contributed by atoms with Crippen LogP contribution in [0, 0.1) is 0 Å². The zero-order valence-electron chi connectivity index (χ0n) is 8.21. The van der Waals surface area contributed by atoms with Gasteiger partial charge in [-0.05, 0) is 11.6 Å². The molecule has 0 amide bonds. The molecule has 0 unspecified atom stereocenters. The molecule has 0 saturated carbocycles. The number of benzene rings is 1. The van der Waals surface area contributed by atoms with E-state index in [9.17, 15) is 9.59 Å². The van der Waals surface area contributed by atoms with Crippen LogP contribution in [-0.2, 0) is 14.3 Å². The third kappa shape index (κ3) is 2.00. The van der Waals surface area contributed by atoms with Crippen molar-refractivity contribution in [1.29, 1.82) is 0 Å². The average molecular weight is 216 g/mol. The lowest BCUT2D eigenvalue weighted by atomic mass is 10.2. The largest absolute Gasteiger partial charge is 0.477 e. The lowest BCUT2D eigenvalue weighted by molar-refractivity contribution is -0.139. The minimum absolute atomic E-state index is 0.244. The zero-order valence-corrected chi connectivity index (χ0v) is 8.21. The van der Waals surface area contributed by atoms with E-state index in [1.165, 1.54) is 6.08 Å². The van der Waals surface area contributed by atoms with Gasteiger partial charge in [-0.1, -0.05) is 30.3 Å². The van der Waals surface area contributed by atoms with Crippen LogP contribution in [0.25, 0.3) is 6.08 Å². The fraction of sp³-hybridized carbons (Fsp3) is 0. The summed E-state index contributed by atoms with van der Waals surface area (Å²) in [5, 5.41) is 8.67. The number of rotatable bonds is 2. The second kappa shape index (κ2) is 4.02. The molecule has 1 heterocycles. The van der Waals surface area contributed by atoms with Crippen LogP contribution in [0.2, 0.25) is 0 Å². The van der Waals surface area contributed by atoms with Crippen LogP contribution < -0.4 is 0 Å². The molecule has 1 aromatic carbocycles. The highest BCUT2D eigenvalue weighted by atomic mass is 16.5. The van der Waals surface area contributed by atoms with E-state index in [4.69, 9.17) is 9.84 Å². The minimum atomic E-state index is -1.28. The summed E-state index contributed by atoms with van der Waals surface area (Å²) in [6, 6.07) is 9.19. The Morgan fingerprint density at radius 3 is 2.50 bits per heavy atom. The van der Waals surface area contributed by atoms with E-state index in [0.29, 0.717) is 0 Å². The van der Waals surface area contributed by atoms with Gasteiger partial charge in [0, 0.05) is 6.08 Å². The van der Waals surface area contributed by atoms with E-state index >= 15 is 0 Å². The van der Waals surface area contributed by atoms with Crippen molar-refractivity contribution in [2.24, 2.45) is 0 Å². The van der Waals surface area contributed by atoms with Crippen LogP contribution in [0.4, 0.5) is 0 Å². The van der Waals surface area contributed by atoms with E-state index in [1.807, 2.05) is 30.3 Å². The molecule has 1 aliphatic heterocycles. The third-order valence-electron chi connectivity index (χ3n) is 2.06. The summed E-state index contributed by atoms with van der Waals surface area (Å²) < 4.78 is 4.79. The molecule has 0 aromatic heterocycles. The Balaban J connectivity index is 2.29. The molecule has 0 radical (unpaired) electrons. The third-order valence-corrected chi connectivity index (χ3v) is 2.06. The monoisotopic (exact) mass is 216 g/mol. The first-order chi connectivity index (χ1) is 7.66. The molecule has 80 valence electrons. The van der Waals surface area contributed by atoms with Crippen molar-refractivity contribution in [2.45, 2.75) is 0 Å². The van der Waals surface area contributed by atoms with Gasteiger partial charge >= 0.3 is 11.9 Å². The Morgan fingerprint density at radius 2 is 1.94 bits per heavy atom. The minimum Gasteiger partial charge on any atom is -0.477 e. The molecule has 0 spiro atoms. The molecule has 0 saturated heterocycles. The van der Waals surface area contributed by atoms with Gasteiger partial charge in [0.1, 0.15) is 11.3 Å². The lowest BCUT2D eigenvalue weighted by Gasteiger charge is -1.95. The van der Waals surface area contributed by atoms with Crippen LogP contribution >= 0.6 is 0 Å². The zero-order chi connectivity index (χ0) is 11.5. The fourth-order valence-corrected chi connectivity index (χ4v) is 1.33. The molecule has 1 N–H and O–H groups in total. The van der Waals surface area contributed by atoms with E-state index < -0.39 is 11.9 Å². The number of carbonyl (C=O) groups is 2. The first-order valence-corrected chi connectivity index (χ1v) is 4.61. The Kier molecular flexibility index (Phi) is 2.55. The van der Waals surface area contributed by atoms with Gasteiger partial charge in [-0.15, -0.1) is 0 Å². The number of hydrogen-bond donors (Lipinski definition) is 1. The number of esters is 1. The summed E-state index contributed by atoms with van der Waals surface area (Å²) in [5.74, 6) is -1.86. The van der Waals surface area contributed by atoms with Crippen molar-refractivity contribution in [3.63, 3.8) is 0 Å². The van der Waals surface area contributed by atoms with Gasteiger partial charge in [-0.2, -0.15) is 0 Å². The molecule has 0 bridgehead atoms. The summed E-state index contributed by atoms with van der Waals surface area (Å²) in [7, 11) is 0. The normalized spacial score (nSPS) is 17.1. The Bertz CT molecular complexity index is 497. The highest BCUT2D eigenvalue weighted by Gasteiger charge is 2.26. The summed E-state index contributed by atoms with van der Waals surface area (Å²) in [6.45, 7) is 0. The van der Waals surface area contributed by atoms with Gasteiger partial charge in [0.25, 0.3) is 0 Å². The number of hydrogen-bond acceptors (Lipinski definition) is 3. The van der Waals surface area contributed by atoms with Crippen molar-refractivity contribution in [1.82, 2.24) is 0 Å². The number of ether oxygens (including phenoxy) is 1. The average Bonchev–Trinajstić information content (AvgIpc) is 2.61. The molecule has 0 atom stereocenters. The number of carboxylic acid groups (broad SMARTS) is 1. The quantitative estimate of drug-likeness (QED) is 0.602. The molecule has 1 aliphatic rings. The second-order valence-corrected chi connectivity index (χ2v) is 3.21. The maximum Gasteiger partial charge on any atom is 0.351 e. The molecule has 16 heavy (non-hydrogen) atoms. The Morgan fingerprint density at radius 1 is 1.25 bits per heavy atom. The predicted octanol–water partition coefficient (Wildman–Crippen LogP) is 1.60. The van der Waals surface area contributed by atoms with E-state index in [-0.39, 0.29) is 11.3 Å². The second-order valence-electron chi connectivity index (χ2n) is 3.21. The van der Waals surface area contributed by atoms with Crippen molar-refractivity contribution >= 4 is 18.0 Å². The number of allylic oxidation sites excluding steroid dienone is 1. The smallest absolute Gasteiger partial charge is 0.351 e. The number of aliphatic carboxylic acids is 1. The van der Waals surface area contributed by atoms with Crippen LogP contribution in [0.1, 0.15) is 5.56 Å². The maximum atomic E-state index is 11.1. The summed E-state index contributed by atoms with van der Waals surface area (Å²) >= 11 is 0. The van der Waals surface area contributed by atoms with Crippen LogP contribution in [0.3, 0.4) is 0 Å². The SMILES string of the molecule is O=C(O)C1=CC(=Cc2ccccc2)OC1=O. The molecular weight excluding hydrogens is 208 g/mol. The van der Waals surface area contributed by atoms with Gasteiger partial charge in [0.05, 0.1) is 0 Å². The number of carbonyl (C=O) groups excluding carboxylic acids is 1. The molecule has 4 nitrogen and oxygen atoms in total. The van der Waals surface area contributed by atoms with Gasteiger partial charge in [-0.3, -0.25) is 0 Å². The lowest BCUT2D eigenvalue weighted by Crippen LogP contribution is -2.08. The van der Waals surface area contributed by atoms with Gasteiger partial charge < -0.3 is 9.84 Å². The Labute approximate surface area is 91.5 Å².